The Labute approximate surface area is 92.9 Å². The van der Waals surface area contributed by atoms with Crippen LogP contribution in [0.4, 0.5) is 0 Å². The number of fused-ring (bicyclic) bond motifs is 1. The van der Waals surface area contributed by atoms with E-state index >= 15 is 0 Å². The lowest BCUT2D eigenvalue weighted by Gasteiger charge is -2.33. The van der Waals surface area contributed by atoms with Crippen LogP contribution in [0.5, 0.6) is 5.75 Å². The van der Waals surface area contributed by atoms with Gasteiger partial charge in [0.2, 0.25) is 5.79 Å². The normalized spacial score (nSPS) is 17.8. The van der Waals surface area contributed by atoms with E-state index < -0.39 is 5.79 Å². The highest BCUT2D eigenvalue weighted by Gasteiger charge is 2.29. The molecule has 2 rings (SSSR count). The lowest BCUT2D eigenvalue weighted by molar-refractivity contribution is -0.180. The van der Waals surface area contributed by atoms with Crippen molar-refractivity contribution < 1.29 is 14.3 Å². The Kier molecular flexibility index (Phi) is 2.44. The zero-order valence-electron chi connectivity index (χ0n) is 8.54. The summed E-state index contributed by atoms with van der Waals surface area (Å²) in [5, 5.41) is 0.450. The number of ether oxygens (including phenoxy) is 2. The van der Waals surface area contributed by atoms with Crippen LogP contribution < -0.4 is 4.74 Å². The number of rotatable bonds is 1. The van der Waals surface area contributed by atoms with Crippen LogP contribution in [0.1, 0.15) is 29.8 Å². The van der Waals surface area contributed by atoms with Gasteiger partial charge in [0.15, 0.2) is 0 Å². The van der Waals surface area contributed by atoms with Crippen molar-refractivity contribution in [3.05, 3.63) is 28.3 Å². The zero-order chi connectivity index (χ0) is 11.1. The summed E-state index contributed by atoms with van der Waals surface area (Å²) < 4.78 is 11.0. The summed E-state index contributed by atoms with van der Waals surface area (Å²) in [6.07, 6.45) is 0.756. The number of aldehydes is 1. The smallest absolute Gasteiger partial charge is 0.205 e. The molecule has 15 heavy (non-hydrogen) atoms. The molecule has 0 amide bonds. The fraction of sp³-hybridized carbons (Fsp3) is 0.364. The summed E-state index contributed by atoms with van der Waals surface area (Å²) in [6, 6.07) is 3.32. The Morgan fingerprint density at radius 1 is 1.47 bits per heavy atom. The summed E-state index contributed by atoms with van der Waals surface area (Å²) in [4.78, 5) is 10.6. The van der Waals surface area contributed by atoms with Crippen LogP contribution in [-0.2, 0) is 11.3 Å². The first-order valence-electron chi connectivity index (χ1n) is 4.62. The molecule has 1 aliphatic heterocycles. The highest BCUT2D eigenvalue weighted by atomic mass is 35.5. The molecule has 0 bridgehead atoms. The third-order valence-electron chi connectivity index (χ3n) is 2.20. The van der Waals surface area contributed by atoms with E-state index in [0.717, 1.165) is 11.8 Å². The van der Waals surface area contributed by atoms with Crippen molar-refractivity contribution in [1.82, 2.24) is 0 Å². The van der Waals surface area contributed by atoms with Crippen molar-refractivity contribution in [1.29, 1.82) is 0 Å². The van der Waals surface area contributed by atoms with Crippen LogP contribution in [-0.4, -0.2) is 12.1 Å². The van der Waals surface area contributed by atoms with Gasteiger partial charge >= 0.3 is 0 Å². The molecule has 0 atom stereocenters. The van der Waals surface area contributed by atoms with Crippen LogP contribution in [0.2, 0.25) is 5.02 Å². The summed E-state index contributed by atoms with van der Waals surface area (Å²) in [7, 11) is 0. The van der Waals surface area contributed by atoms with E-state index in [-0.39, 0.29) is 0 Å². The molecule has 3 nitrogen and oxygen atoms in total. The number of hydrogen-bond acceptors (Lipinski definition) is 3. The molecule has 0 aromatic heterocycles. The van der Waals surface area contributed by atoms with Crippen molar-refractivity contribution in [2.75, 3.05) is 0 Å². The van der Waals surface area contributed by atoms with Crippen molar-refractivity contribution in [3.63, 3.8) is 0 Å². The molecule has 1 aliphatic rings. The van der Waals surface area contributed by atoms with Crippen LogP contribution in [0.15, 0.2) is 12.1 Å². The van der Waals surface area contributed by atoms with Gasteiger partial charge in [-0.1, -0.05) is 11.6 Å². The highest BCUT2D eigenvalue weighted by molar-refractivity contribution is 6.32. The Morgan fingerprint density at radius 3 is 2.87 bits per heavy atom. The number of hydrogen-bond donors (Lipinski definition) is 0. The Hall–Kier alpha value is -1.06. The highest BCUT2D eigenvalue weighted by Crippen LogP contribution is 2.37. The monoisotopic (exact) mass is 226 g/mol. The van der Waals surface area contributed by atoms with Gasteiger partial charge in [0.25, 0.3) is 0 Å². The second-order valence-electron chi connectivity index (χ2n) is 3.90. The second-order valence-corrected chi connectivity index (χ2v) is 4.31. The van der Waals surface area contributed by atoms with Gasteiger partial charge in [0.05, 0.1) is 11.6 Å². The van der Waals surface area contributed by atoms with Crippen LogP contribution in [0.25, 0.3) is 0 Å². The summed E-state index contributed by atoms with van der Waals surface area (Å²) in [6.45, 7) is 4.05. The third kappa shape index (κ3) is 1.98. The molecule has 0 fully saturated rings. The Balaban J connectivity index is 2.48. The standard InChI is InChI=1S/C11H11ClO3/c1-11(2)14-6-8-3-7(5-13)4-9(12)10(8)15-11/h3-5H,6H2,1-2H3. The fourth-order valence-electron chi connectivity index (χ4n) is 1.49. The van der Waals surface area contributed by atoms with Gasteiger partial charge in [0.1, 0.15) is 12.0 Å². The van der Waals surface area contributed by atoms with Gasteiger partial charge in [-0.15, -0.1) is 0 Å². The maximum Gasteiger partial charge on any atom is 0.205 e. The first-order chi connectivity index (χ1) is 7.02. The van der Waals surface area contributed by atoms with E-state index in [2.05, 4.69) is 0 Å². The molecule has 4 heteroatoms. The minimum atomic E-state index is -0.667. The average molecular weight is 227 g/mol. The first kappa shape index (κ1) is 10.5. The molecular weight excluding hydrogens is 216 g/mol. The summed E-state index contributed by atoms with van der Waals surface area (Å²) in [5.41, 5.74) is 1.34. The molecule has 0 unspecified atom stereocenters. The molecule has 0 saturated heterocycles. The number of benzene rings is 1. The lowest BCUT2D eigenvalue weighted by Crippen LogP contribution is -2.35. The predicted molar refractivity (Wildman–Crippen MR) is 56.3 cm³/mol. The van der Waals surface area contributed by atoms with Gasteiger partial charge in [-0.3, -0.25) is 4.79 Å². The molecule has 0 aliphatic carbocycles. The van der Waals surface area contributed by atoms with E-state index in [1.807, 2.05) is 13.8 Å². The molecule has 1 aromatic rings. The van der Waals surface area contributed by atoms with Gasteiger partial charge in [-0.05, 0) is 12.1 Å². The van der Waals surface area contributed by atoms with E-state index in [4.69, 9.17) is 21.1 Å². The maximum absolute atomic E-state index is 10.6. The van der Waals surface area contributed by atoms with E-state index in [1.54, 1.807) is 12.1 Å². The first-order valence-corrected chi connectivity index (χ1v) is 5.00. The van der Waals surface area contributed by atoms with Gasteiger partial charge in [-0.2, -0.15) is 0 Å². The van der Waals surface area contributed by atoms with Gasteiger partial charge < -0.3 is 9.47 Å². The van der Waals surface area contributed by atoms with Crippen LogP contribution in [0, 0.1) is 0 Å². The second kappa shape index (κ2) is 3.51. The molecule has 0 N–H and O–H groups in total. The van der Waals surface area contributed by atoms with Gasteiger partial charge in [-0.25, -0.2) is 0 Å². The molecule has 0 spiro atoms. The van der Waals surface area contributed by atoms with Crippen molar-refractivity contribution in [3.8, 4) is 5.75 Å². The quantitative estimate of drug-likeness (QED) is 0.691. The molecule has 1 heterocycles. The number of carbonyl (C=O) groups is 1. The summed E-state index contributed by atoms with van der Waals surface area (Å²) >= 11 is 6.01. The predicted octanol–water partition coefficient (Wildman–Crippen LogP) is 2.80. The number of carbonyl (C=O) groups excluding carboxylic acids is 1. The molecule has 0 saturated carbocycles. The molecular formula is C11H11ClO3. The topological polar surface area (TPSA) is 35.5 Å². The van der Waals surface area contributed by atoms with Crippen LogP contribution >= 0.6 is 11.6 Å². The zero-order valence-corrected chi connectivity index (χ0v) is 9.30. The number of halogens is 1. The van der Waals surface area contributed by atoms with E-state index in [1.165, 1.54) is 0 Å². The van der Waals surface area contributed by atoms with E-state index in [0.29, 0.717) is 22.9 Å². The van der Waals surface area contributed by atoms with Crippen LogP contribution in [0.3, 0.4) is 0 Å². The Bertz CT molecular complexity index is 413. The average Bonchev–Trinajstić information content (AvgIpc) is 2.18. The van der Waals surface area contributed by atoms with Crippen molar-refractivity contribution in [2.45, 2.75) is 26.2 Å². The lowest BCUT2D eigenvalue weighted by atomic mass is 10.1. The van der Waals surface area contributed by atoms with Gasteiger partial charge in [0, 0.05) is 25.0 Å². The maximum atomic E-state index is 10.6. The van der Waals surface area contributed by atoms with Crippen molar-refractivity contribution >= 4 is 17.9 Å². The largest absolute Gasteiger partial charge is 0.461 e. The molecule has 1 aromatic carbocycles. The minimum absolute atomic E-state index is 0.406. The SMILES string of the molecule is CC1(C)OCc2cc(C=O)cc(Cl)c2O1. The minimum Gasteiger partial charge on any atom is -0.461 e. The molecule has 0 radical (unpaired) electrons. The Morgan fingerprint density at radius 2 is 2.20 bits per heavy atom. The van der Waals surface area contributed by atoms with Crippen molar-refractivity contribution in [2.24, 2.45) is 0 Å². The van der Waals surface area contributed by atoms with E-state index in [9.17, 15) is 4.79 Å². The summed E-state index contributed by atoms with van der Waals surface area (Å²) in [5.74, 6) is -0.0576. The fourth-order valence-corrected chi connectivity index (χ4v) is 1.78. The molecule has 80 valence electrons. The third-order valence-corrected chi connectivity index (χ3v) is 2.48.